The summed E-state index contributed by atoms with van der Waals surface area (Å²) in [7, 11) is 0. The first kappa shape index (κ1) is 19.1. The van der Waals surface area contributed by atoms with Crippen molar-refractivity contribution in [2.75, 3.05) is 24.7 Å². The monoisotopic (exact) mass is 363 g/mol. The molecule has 0 bridgehead atoms. The first-order chi connectivity index (χ1) is 10.1. The van der Waals surface area contributed by atoms with Crippen LogP contribution in [0.5, 0.6) is 0 Å². The van der Waals surface area contributed by atoms with Crippen LogP contribution in [0.2, 0.25) is 5.02 Å². The molecule has 1 saturated heterocycles. The van der Waals surface area contributed by atoms with Crippen LogP contribution in [0.15, 0.2) is 24.3 Å². The van der Waals surface area contributed by atoms with Gasteiger partial charge >= 0.3 is 0 Å². The van der Waals surface area contributed by atoms with Gasteiger partial charge in [-0.05, 0) is 37.2 Å². The number of carbonyl (C=O) groups excluding carboxylic acids is 2. The SMILES string of the molecule is Cl.NCCCNC(=O)C1CSCN1C(=O)c1ccc(Cl)cc1. The minimum Gasteiger partial charge on any atom is -0.354 e. The number of rotatable bonds is 5. The molecule has 3 N–H and O–H groups in total. The summed E-state index contributed by atoms with van der Waals surface area (Å²) >= 11 is 7.40. The van der Waals surface area contributed by atoms with E-state index in [1.165, 1.54) is 0 Å². The Kier molecular flexibility index (Phi) is 8.03. The van der Waals surface area contributed by atoms with E-state index in [1.807, 2.05) is 0 Å². The second-order valence-corrected chi connectivity index (χ2v) is 6.17. The number of amides is 2. The molecule has 1 heterocycles. The molecule has 0 saturated carbocycles. The third-order valence-electron chi connectivity index (χ3n) is 3.22. The van der Waals surface area contributed by atoms with Gasteiger partial charge in [0.05, 0.1) is 5.88 Å². The van der Waals surface area contributed by atoms with Gasteiger partial charge in [-0.15, -0.1) is 24.2 Å². The lowest BCUT2D eigenvalue weighted by molar-refractivity contribution is -0.124. The number of nitrogens with two attached hydrogens (primary N) is 1. The van der Waals surface area contributed by atoms with Crippen molar-refractivity contribution in [3.05, 3.63) is 34.9 Å². The molecule has 8 heteroatoms. The summed E-state index contributed by atoms with van der Waals surface area (Å²) < 4.78 is 0. The van der Waals surface area contributed by atoms with Gasteiger partial charge in [-0.1, -0.05) is 11.6 Å². The highest BCUT2D eigenvalue weighted by Gasteiger charge is 2.34. The molecule has 1 fully saturated rings. The fourth-order valence-corrected chi connectivity index (χ4v) is 3.33. The van der Waals surface area contributed by atoms with E-state index in [0.717, 1.165) is 6.42 Å². The van der Waals surface area contributed by atoms with Crippen LogP contribution in [0, 0.1) is 0 Å². The predicted molar refractivity (Wildman–Crippen MR) is 92.7 cm³/mol. The highest BCUT2D eigenvalue weighted by Crippen LogP contribution is 2.23. The van der Waals surface area contributed by atoms with E-state index in [1.54, 1.807) is 40.9 Å². The van der Waals surface area contributed by atoms with Gasteiger partial charge in [-0.25, -0.2) is 0 Å². The van der Waals surface area contributed by atoms with Gasteiger partial charge in [0.2, 0.25) is 5.91 Å². The van der Waals surface area contributed by atoms with E-state index < -0.39 is 6.04 Å². The molecule has 0 radical (unpaired) electrons. The first-order valence-corrected chi connectivity index (χ1v) is 8.29. The fraction of sp³-hybridized carbons (Fsp3) is 0.429. The Morgan fingerprint density at radius 1 is 1.36 bits per heavy atom. The lowest BCUT2D eigenvalue weighted by Gasteiger charge is -2.23. The van der Waals surface area contributed by atoms with Crippen molar-refractivity contribution in [1.82, 2.24) is 10.2 Å². The molecule has 0 aromatic heterocycles. The second-order valence-electron chi connectivity index (χ2n) is 4.73. The topological polar surface area (TPSA) is 75.4 Å². The van der Waals surface area contributed by atoms with Gasteiger partial charge in [0, 0.05) is 22.9 Å². The van der Waals surface area contributed by atoms with Gasteiger partial charge in [0.1, 0.15) is 6.04 Å². The van der Waals surface area contributed by atoms with Crippen molar-refractivity contribution in [2.24, 2.45) is 5.73 Å². The molecule has 0 spiro atoms. The van der Waals surface area contributed by atoms with Crippen LogP contribution in [0.4, 0.5) is 0 Å². The smallest absolute Gasteiger partial charge is 0.255 e. The van der Waals surface area contributed by atoms with Crippen LogP contribution in [0.1, 0.15) is 16.8 Å². The summed E-state index contributed by atoms with van der Waals surface area (Å²) in [5.74, 6) is 0.885. The number of nitrogens with one attached hydrogen (secondary N) is 1. The average Bonchev–Trinajstić information content (AvgIpc) is 2.97. The molecule has 1 unspecified atom stereocenters. The van der Waals surface area contributed by atoms with Gasteiger partial charge in [0.15, 0.2) is 0 Å². The summed E-state index contributed by atoms with van der Waals surface area (Å²) in [6.07, 6.45) is 0.733. The Labute approximate surface area is 145 Å². The summed E-state index contributed by atoms with van der Waals surface area (Å²) in [5.41, 5.74) is 5.94. The number of nitrogens with zero attached hydrogens (tertiary/aromatic N) is 1. The van der Waals surface area contributed by atoms with Gasteiger partial charge < -0.3 is 16.0 Å². The van der Waals surface area contributed by atoms with Crippen LogP contribution in [-0.4, -0.2) is 47.5 Å². The molecular formula is C14H19Cl2N3O2S. The number of hydrogen-bond acceptors (Lipinski definition) is 4. The van der Waals surface area contributed by atoms with Gasteiger partial charge in [-0.2, -0.15) is 0 Å². The summed E-state index contributed by atoms with van der Waals surface area (Å²) in [6, 6.07) is 6.28. The predicted octanol–water partition coefficient (Wildman–Crippen LogP) is 1.74. The van der Waals surface area contributed by atoms with Crippen LogP contribution >= 0.6 is 35.8 Å². The number of benzene rings is 1. The quantitative estimate of drug-likeness (QED) is 0.781. The van der Waals surface area contributed by atoms with E-state index in [-0.39, 0.29) is 24.2 Å². The highest BCUT2D eigenvalue weighted by atomic mass is 35.5. The van der Waals surface area contributed by atoms with E-state index in [9.17, 15) is 9.59 Å². The van der Waals surface area contributed by atoms with Crippen molar-refractivity contribution in [1.29, 1.82) is 0 Å². The van der Waals surface area contributed by atoms with Crippen LogP contribution in [0.25, 0.3) is 0 Å². The average molecular weight is 364 g/mol. The lowest BCUT2D eigenvalue weighted by Crippen LogP contribution is -2.47. The number of carbonyl (C=O) groups is 2. The molecule has 22 heavy (non-hydrogen) atoms. The molecule has 5 nitrogen and oxygen atoms in total. The molecule has 1 aromatic carbocycles. The lowest BCUT2D eigenvalue weighted by atomic mass is 10.1. The zero-order valence-electron chi connectivity index (χ0n) is 12.0. The summed E-state index contributed by atoms with van der Waals surface area (Å²) in [6.45, 7) is 1.08. The molecule has 2 amide bonds. The normalized spacial score (nSPS) is 17.0. The molecule has 0 aliphatic carbocycles. The Morgan fingerprint density at radius 2 is 2.05 bits per heavy atom. The van der Waals surface area contributed by atoms with Crippen molar-refractivity contribution in [2.45, 2.75) is 12.5 Å². The van der Waals surface area contributed by atoms with E-state index in [4.69, 9.17) is 17.3 Å². The van der Waals surface area contributed by atoms with E-state index in [2.05, 4.69) is 5.32 Å². The Morgan fingerprint density at radius 3 is 2.68 bits per heavy atom. The minimum atomic E-state index is -0.420. The van der Waals surface area contributed by atoms with Gasteiger partial charge in [-0.3, -0.25) is 9.59 Å². The van der Waals surface area contributed by atoms with Crippen LogP contribution in [0.3, 0.4) is 0 Å². The number of thioether (sulfide) groups is 1. The molecule has 1 aliphatic rings. The number of hydrogen-bond donors (Lipinski definition) is 2. The third kappa shape index (κ3) is 4.78. The minimum absolute atomic E-state index is 0. The van der Waals surface area contributed by atoms with E-state index >= 15 is 0 Å². The maximum atomic E-state index is 12.5. The van der Waals surface area contributed by atoms with Crippen LogP contribution in [-0.2, 0) is 4.79 Å². The third-order valence-corrected chi connectivity index (χ3v) is 4.48. The Bertz CT molecular complexity index is 513. The van der Waals surface area contributed by atoms with Crippen molar-refractivity contribution in [3.63, 3.8) is 0 Å². The Balaban J connectivity index is 0.00000242. The van der Waals surface area contributed by atoms with Crippen LogP contribution < -0.4 is 11.1 Å². The molecule has 2 rings (SSSR count). The van der Waals surface area contributed by atoms with E-state index in [0.29, 0.717) is 35.3 Å². The van der Waals surface area contributed by atoms with Crippen molar-refractivity contribution < 1.29 is 9.59 Å². The maximum absolute atomic E-state index is 12.5. The summed E-state index contributed by atoms with van der Waals surface area (Å²) in [4.78, 5) is 26.2. The Hall–Kier alpha value is -0.950. The molecule has 122 valence electrons. The fourth-order valence-electron chi connectivity index (χ4n) is 2.05. The standard InChI is InChI=1S/C14H18ClN3O2S.ClH/c15-11-4-2-10(3-5-11)14(20)18-9-21-8-12(18)13(19)17-7-1-6-16;/h2-5,12H,1,6-9,16H2,(H,17,19);1H. The van der Waals surface area contributed by atoms with Crippen molar-refractivity contribution >= 4 is 47.6 Å². The largest absolute Gasteiger partial charge is 0.354 e. The molecule has 1 aliphatic heterocycles. The zero-order chi connectivity index (χ0) is 15.2. The summed E-state index contributed by atoms with van der Waals surface area (Å²) in [5, 5.41) is 3.41. The molecular weight excluding hydrogens is 345 g/mol. The second kappa shape index (κ2) is 9.25. The maximum Gasteiger partial charge on any atom is 0.255 e. The first-order valence-electron chi connectivity index (χ1n) is 6.75. The highest BCUT2D eigenvalue weighted by molar-refractivity contribution is 7.99. The van der Waals surface area contributed by atoms with Crippen molar-refractivity contribution in [3.8, 4) is 0 Å². The molecule has 1 atom stereocenters. The molecule has 1 aromatic rings. The van der Waals surface area contributed by atoms with Gasteiger partial charge in [0.25, 0.3) is 5.91 Å². The number of halogens is 2. The zero-order valence-corrected chi connectivity index (χ0v) is 14.3.